The normalized spacial score (nSPS) is 13.0. The number of halogens is 2. The summed E-state index contributed by atoms with van der Waals surface area (Å²) >= 11 is 7.02. The molecule has 2 rings (SSSR count). The molecule has 0 bridgehead atoms. The second kappa shape index (κ2) is 10.1. The zero-order chi connectivity index (χ0) is 21.8. The van der Waals surface area contributed by atoms with Crippen LogP contribution in [0.1, 0.15) is 52.1 Å². The lowest BCUT2D eigenvalue weighted by Gasteiger charge is -2.42. The van der Waals surface area contributed by atoms with E-state index >= 15 is 0 Å². The average molecular weight is 459 g/mol. The van der Waals surface area contributed by atoms with Crippen LogP contribution in [0.4, 0.5) is 10.1 Å². The molecule has 2 aromatic rings. The summed E-state index contributed by atoms with van der Waals surface area (Å²) in [4.78, 5) is 5.06. The number of aromatic nitrogens is 2. The summed E-state index contributed by atoms with van der Waals surface area (Å²) < 4.78 is 24.0. The number of hydrogen-bond acceptors (Lipinski definition) is 6. The second-order valence-corrected chi connectivity index (χ2v) is 14.5. The predicted octanol–water partition coefficient (Wildman–Crippen LogP) is 6.08. The monoisotopic (exact) mass is 458 g/mol. The van der Waals surface area contributed by atoms with E-state index in [1.807, 2.05) is 0 Å². The molecule has 0 aliphatic carbocycles. The van der Waals surface area contributed by atoms with Gasteiger partial charge in [0, 0.05) is 0 Å². The number of amidine groups is 1. The SMILES string of the molecule is CC(C)[Si](OCc1snnc1C(=Nc1ccc(F)c(Cl)c1)NO)(C(C)C)C(C)C. The van der Waals surface area contributed by atoms with E-state index in [2.05, 4.69) is 61.6 Å². The van der Waals surface area contributed by atoms with Crippen LogP contribution in [0.2, 0.25) is 21.6 Å². The quantitative estimate of drug-likeness (QED) is 0.217. The third kappa shape index (κ3) is 5.21. The number of hydroxylamine groups is 1. The summed E-state index contributed by atoms with van der Waals surface area (Å²) in [5, 5.41) is 13.7. The third-order valence-electron chi connectivity index (χ3n) is 5.19. The van der Waals surface area contributed by atoms with E-state index < -0.39 is 14.1 Å². The van der Waals surface area contributed by atoms with Crippen molar-refractivity contribution in [3.8, 4) is 0 Å². The number of rotatable bonds is 8. The Morgan fingerprint density at radius 2 is 1.86 bits per heavy atom. The van der Waals surface area contributed by atoms with E-state index in [1.54, 1.807) is 0 Å². The number of nitrogens with one attached hydrogen (secondary N) is 1. The molecule has 10 heteroatoms. The summed E-state index contributed by atoms with van der Waals surface area (Å²) in [6.07, 6.45) is 0. The van der Waals surface area contributed by atoms with Gasteiger partial charge in [0.05, 0.1) is 22.2 Å². The van der Waals surface area contributed by atoms with Crippen LogP contribution in [0.5, 0.6) is 0 Å². The molecule has 0 saturated heterocycles. The van der Waals surface area contributed by atoms with E-state index in [0.717, 1.165) is 4.88 Å². The topological polar surface area (TPSA) is 79.6 Å². The van der Waals surface area contributed by atoms with Crippen LogP contribution in [0, 0.1) is 5.82 Å². The number of aliphatic imine (C=N–C) groups is 1. The van der Waals surface area contributed by atoms with E-state index in [0.29, 0.717) is 34.6 Å². The lowest BCUT2D eigenvalue weighted by Crippen LogP contribution is -2.47. The molecule has 1 aromatic heterocycles. The minimum atomic E-state index is -2.07. The van der Waals surface area contributed by atoms with E-state index in [9.17, 15) is 9.60 Å². The van der Waals surface area contributed by atoms with Gasteiger partial charge in [-0.05, 0) is 46.4 Å². The molecule has 160 valence electrons. The highest BCUT2D eigenvalue weighted by atomic mass is 35.5. The molecule has 6 nitrogen and oxygen atoms in total. The summed E-state index contributed by atoms with van der Waals surface area (Å²) in [6, 6.07) is 4.05. The molecule has 0 saturated carbocycles. The number of benzene rings is 1. The first-order chi connectivity index (χ1) is 13.6. The van der Waals surface area contributed by atoms with Gasteiger partial charge >= 0.3 is 0 Å². The summed E-state index contributed by atoms with van der Waals surface area (Å²) in [5.74, 6) is -0.433. The van der Waals surface area contributed by atoms with E-state index in [4.69, 9.17) is 16.0 Å². The lowest BCUT2D eigenvalue weighted by atomic mass is 10.3. The molecule has 0 radical (unpaired) electrons. The van der Waals surface area contributed by atoms with Gasteiger partial charge in [0.2, 0.25) is 8.32 Å². The molecule has 0 fully saturated rings. The van der Waals surface area contributed by atoms with Crippen molar-refractivity contribution in [3.63, 3.8) is 0 Å². The molecular weight excluding hydrogens is 431 g/mol. The van der Waals surface area contributed by atoms with Crippen LogP contribution in [0.25, 0.3) is 0 Å². The number of nitrogens with zero attached hydrogens (tertiary/aromatic N) is 3. The Morgan fingerprint density at radius 1 is 1.24 bits per heavy atom. The van der Waals surface area contributed by atoms with Gasteiger partial charge in [-0.3, -0.25) is 10.7 Å². The maximum atomic E-state index is 13.4. The van der Waals surface area contributed by atoms with Gasteiger partial charge in [0.25, 0.3) is 0 Å². The highest BCUT2D eigenvalue weighted by molar-refractivity contribution is 7.05. The maximum absolute atomic E-state index is 13.4. The van der Waals surface area contributed by atoms with Crippen molar-refractivity contribution in [2.45, 2.75) is 64.8 Å². The molecule has 2 N–H and O–H groups in total. The fraction of sp³-hybridized carbons (Fsp3) is 0.526. The van der Waals surface area contributed by atoms with Crippen molar-refractivity contribution in [3.05, 3.63) is 39.6 Å². The van der Waals surface area contributed by atoms with Gasteiger partial charge < -0.3 is 4.43 Å². The minimum Gasteiger partial charge on any atom is -0.411 e. The van der Waals surface area contributed by atoms with Gasteiger partial charge in [-0.2, -0.15) is 0 Å². The Labute approximate surface area is 181 Å². The van der Waals surface area contributed by atoms with E-state index in [1.165, 1.54) is 29.7 Å². The fourth-order valence-electron chi connectivity index (χ4n) is 3.99. The summed E-state index contributed by atoms with van der Waals surface area (Å²) in [7, 11) is -2.07. The van der Waals surface area contributed by atoms with Gasteiger partial charge in [-0.1, -0.05) is 57.6 Å². The van der Waals surface area contributed by atoms with Crippen molar-refractivity contribution in [1.29, 1.82) is 0 Å². The fourth-order valence-corrected chi connectivity index (χ4v) is 10.2. The molecule has 29 heavy (non-hydrogen) atoms. The van der Waals surface area contributed by atoms with Crippen molar-refractivity contribution in [1.82, 2.24) is 15.1 Å². The van der Waals surface area contributed by atoms with Gasteiger partial charge in [-0.25, -0.2) is 9.38 Å². The molecule has 0 spiro atoms. The largest absolute Gasteiger partial charge is 0.411 e. The highest BCUT2D eigenvalue weighted by Gasteiger charge is 2.45. The zero-order valence-electron chi connectivity index (χ0n) is 17.5. The highest BCUT2D eigenvalue weighted by Crippen LogP contribution is 2.43. The summed E-state index contributed by atoms with van der Waals surface area (Å²) in [6.45, 7) is 13.7. The van der Waals surface area contributed by atoms with E-state index in [-0.39, 0.29) is 10.9 Å². The number of hydrogen-bond donors (Lipinski definition) is 2. The first kappa shape index (κ1) is 23.9. The van der Waals surface area contributed by atoms with Crippen LogP contribution in [0.3, 0.4) is 0 Å². The van der Waals surface area contributed by atoms with Gasteiger partial charge in [-0.15, -0.1) is 5.10 Å². The molecule has 0 atom stereocenters. The second-order valence-electron chi connectivity index (χ2n) is 7.82. The molecule has 1 heterocycles. The average Bonchev–Trinajstić information content (AvgIpc) is 3.10. The maximum Gasteiger partial charge on any atom is 0.200 e. The standard InChI is InChI=1S/C19H28ClFN4O2SSi/c1-11(2)29(12(3)4,13(5)6)27-10-17-18(23-25-28-17)19(24-26)22-14-7-8-16(21)15(20)9-14/h7-9,11-13,26H,10H2,1-6H3,(H,22,24). The van der Waals surface area contributed by atoms with Crippen molar-refractivity contribution >= 4 is 43.0 Å². The Morgan fingerprint density at radius 3 is 2.38 bits per heavy atom. The molecule has 1 aromatic carbocycles. The molecule has 0 aliphatic rings. The first-order valence-electron chi connectivity index (χ1n) is 9.52. The predicted molar refractivity (Wildman–Crippen MR) is 118 cm³/mol. The van der Waals surface area contributed by atoms with Crippen LogP contribution in [0.15, 0.2) is 23.2 Å². The van der Waals surface area contributed by atoms with Crippen LogP contribution in [-0.2, 0) is 11.0 Å². The summed E-state index contributed by atoms with van der Waals surface area (Å²) in [5.41, 5.74) is 4.17. The zero-order valence-corrected chi connectivity index (χ0v) is 20.1. The first-order valence-corrected chi connectivity index (χ1v) is 12.8. The Hall–Kier alpha value is -1.39. The van der Waals surface area contributed by atoms with Crippen molar-refractivity contribution in [2.24, 2.45) is 4.99 Å². The van der Waals surface area contributed by atoms with Crippen LogP contribution in [-0.4, -0.2) is 28.9 Å². The Bertz CT molecular complexity index is 839. The Balaban J connectivity index is 2.33. The molecule has 0 unspecified atom stereocenters. The molecule has 0 aliphatic heterocycles. The van der Waals surface area contributed by atoms with Crippen LogP contribution < -0.4 is 5.48 Å². The minimum absolute atomic E-state index is 0.0508. The van der Waals surface area contributed by atoms with Gasteiger partial charge in [0.15, 0.2) is 5.84 Å². The van der Waals surface area contributed by atoms with Crippen molar-refractivity contribution < 1.29 is 14.0 Å². The molecule has 0 amide bonds. The van der Waals surface area contributed by atoms with Crippen molar-refractivity contribution in [2.75, 3.05) is 0 Å². The smallest absolute Gasteiger partial charge is 0.200 e. The third-order valence-corrected chi connectivity index (χ3v) is 12.2. The van der Waals surface area contributed by atoms with Gasteiger partial charge in [0.1, 0.15) is 11.5 Å². The molecular formula is C19H28ClFN4O2SSi. The lowest BCUT2D eigenvalue weighted by molar-refractivity contribution is 0.234. The Kier molecular flexibility index (Phi) is 8.30. The van der Waals surface area contributed by atoms with Crippen LogP contribution >= 0.6 is 23.1 Å².